The molecule has 1 amide bonds. The maximum atomic E-state index is 11.8. The van der Waals surface area contributed by atoms with Crippen LogP contribution in [0.4, 0.5) is 0 Å². The molecule has 2 atom stereocenters. The minimum atomic E-state index is -0.0735. The van der Waals surface area contributed by atoms with Crippen molar-refractivity contribution in [3.8, 4) is 0 Å². The summed E-state index contributed by atoms with van der Waals surface area (Å²) in [4.78, 5) is 16.8. The summed E-state index contributed by atoms with van der Waals surface area (Å²) in [7, 11) is 0. The summed E-state index contributed by atoms with van der Waals surface area (Å²) < 4.78 is 0. The number of thiazole rings is 1. The Morgan fingerprint density at radius 2 is 2.44 bits per heavy atom. The zero-order valence-corrected chi connectivity index (χ0v) is 10.3. The average molecular weight is 255 g/mol. The van der Waals surface area contributed by atoms with Gasteiger partial charge in [-0.2, -0.15) is 0 Å². The molecule has 86 valence electrons. The Bertz CT molecular complexity index is 391. The molecule has 1 aromatic heterocycles. The van der Waals surface area contributed by atoms with Crippen LogP contribution in [0, 0.1) is 5.92 Å². The van der Waals surface area contributed by atoms with E-state index in [0.717, 1.165) is 19.3 Å². The number of hydrogen-bond acceptors (Lipinski definition) is 4. The van der Waals surface area contributed by atoms with Crippen molar-refractivity contribution in [3.63, 3.8) is 0 Å². The summed E-state index contributed by atoms with van der Waals surface area (Å²) in [6.07, 6.45) is 4.57. The molecule has 1 fully saturated rings. The molecular weight excluding hydrogens is 242 g/mol. The van der Waals surface area contributed by atoms with E-state index >= 15 is 0 Å². The summed E-state index contributed by atoms with van der Waals surface area (Å²) in [6, 6.07) is 0.0899. The minimum absolute atomic E-state index is 0.0735. The van der Waals surface area contributed by atoms with Crippen LogP contribution in [0.3, 0.4) is 0 Å². The maximum absolute atomic E-state index is 11.8. The lowest BCUT2D eigenvalue weighted by molar-refractivity contribution is 0.0937. The fraction of sp³-hybridized carbons (Fsp3) is 0.500. The number of carbonyl (C=O) groups excluding carboxylic acids is 1. The SMILES string of the molecule is NC(=S)C1CCCC1NC(=O)c1cncs1. The maximum Gasteiger partial charge on any atom is 0.263 e. The number of nitrogens with one attached hydrogen (secondary N) is 1. The van der Waals surface area contributed by atoms with Gasteiger partial charge in [0.15, 0.2) is 0 Å². The van der Waals surface area contributed by atoms with Gasteiger partial charge in [0, 0.05) is 12.0 Å². The quantitative estimate of drug-likeness (QED) is 0.800. The van der Waals surface area contributed by atoms with Crippen molar-refractivity contribution in [2.75, 3.05) is 0 Å². The standard InChI is InChI=1S/C10H13N3OS2/c11-9(15)6-2-1-3-7(6)13-10(14)8-4-12-5-16-8/h4-7H,1-3H2,(H2,11,15)(H,13,14). The monoisotopic (exact) mass is 255 g/mol. The normalized spacial score (nSPS) is 24.2. The number of nitrogens with zero attached hydrogens (tertiary/aromatic N) is 1. The molecule has 0 radical (unpaired) electrons. The molecule has 1 heterocycles. The molecular formula is C10H13N3OS2. The van der Waals surface area contributed by atoms with Crippen LogP contribution in [0.2, 0.25) is 0 Å². The van der Waals surface area contributed by atoms with Gasteiger partial charge in [-0.05, 0) is 12.8 Å². The third-order valence-electron chi connectivity index (χ3n) is 2.85. The number of aromatic nitrogens is 1. The zero-order chi connectivity index (χ0) is 11.5. The van der Waals surface area contributed by atoms with E-state index in [0.29, 0.717) is 9.87 Å². The van der Waals surface area contributed by atoms with Crippen molar-refractivity contribution in [2.24, 2.45) is 11.7 Å². The minimum Gasteiger partial charge on any atom is -0.393 e. The van der Waals surface area contributed by atoms with Crippen molar-refractivity contribution in [1.29, 1.82) is 0 Å². The van der Waals surface area contributed by atoms with E-state index in [1.807, 2.05) is 0 Å². The number of hydrogen-bond donors (Lipinski definition) is 2. The number of carbonyl (C=O) groups is 1. The van der Waals surface area contributed by atoms with Gasteiger partial charge in [0.25, 0.3) is 5.91 Å². The van der Waals surface area contributed by atoms with Crippen molar-refractivity contribution < 1.29 is 4.79 Å². The molecule has 2 unspecified atom stereocenters. The molecule has 0 bridgehead atoms. The van der Waals surface area contributed by atoms with Crippen LogP contribution in [-0.2, 0) is 0 Å². The topological polar surface area (TPSA) is 68.0 Å². The van der Waals surface area contributed by atoms with Crippen LogP contribution in [0.1, 0.15) is 28.9 Å². The third kappa shape index (κ3) is 2.38. The molecule has 2 rings (SSSR count). The first kappa shape index (κ1) is 11.5. The Balaban J connectivity index is 1.99. The van der Waals surface area contributed by atoms with Crippen LogP contribution in [-0.4, -0.2) is 21.9 Å². The first-order valence-electron chi connectivity index (χ1n) is 5.17. The van der Waals surface area contributed by atoms with Gasteiger partial charge >= 0.3 is 0 Å². The molecule has 0 saturated heterocycles. The first-order chi connectivity index (χ1) is 7.68. The van der Waals surface area contributed by atoms with Crippen LogP contribution in [0.15, 0.2) is 11.7 Å². The lowest BCUT2D eigenvalue weighted by atomic mass is 10.0. The second-order valence-corrected chi connectivity index (χ2v) is 5.24. The second-order valence-electron chi connectivity index (χ2n) is 3.89. The van der Waals surface area contributed by atoms with E-state index in [4.69, 9.17) is 18.0 Å². The Morgan fingerprint density at radius 1 is 1.62 bits per heavy atom. The molecule has 1 aromatic rings. The van der Waals surface area contributed by atoms with Gasteiger partial charge in [-0.3, -0.25) is 9.78 Å². The predicted molar refractivity (Wildman–Crippen MR) is 67.5 cm³/mol. The largest absolute Gasteiger partial charge is 0.393 e. The van der Waals surface area contributed by atoms with Gasteiger partial charge in [0.05, 0.1) is 16.7 Å². The number of rotatable bonds is 3. The number of nitrogens with two attached hydrogens (primary N) is 1. The van der Waals surface area contributed by atoms with Crippen LogP contribution < -0.4 is 11.1 Å². The Labute approximate surface area is 103 Å². The molecule has 0 aromatic carbocycles. The van der Waals surface area contributed by atoms with Crippen LogP contribution >= 0.6 is 23.6 Å². The highest BCUT2D eigenvalue weighted by molar-refractivity contribution is 7.80. The highest BCUT2D eigenvalue weighted by Gasteiger charge is 2.30. The lowest BCUT2D eigenvalue weighted by Gasteiger charge is -2.19. The predicted octanol–water partition coefficient (Wildman–Crippen LogP) is 1.33. The summed E-state index contributed by atoms with van der Waals surface area (Å²) in [6.45, 7) is 0. The third-order valence-corrected chi connectivity index (χ3v) is 3.93. The molecule has 0 aliphatic heterocycles. The van der Waals surface area contributed by atoms with E-state index in [9.17, 15) is 4.79 Å². The van der Waals surface area contributed by atoms with Crippen molar-refractivity contribution in [2.45, 2.75) is 25.3 Å². The van der Waals surface area contributed by atoms with Gasteiger partial charge < -0.3 is 11.1 Å². The van der Waals surface area contributed by atoms with E-state index < -0.39 is 0 Å². The van der Waals surface area contributed by atoms with Gasteiger partial charge in [0.2, 0.25) is 0 Å². The molecule has 3 N–H and O–H groups in total. The summed E-state index contributed by atoms with van der Waals surface area (Å²) in [5.41, 5.74) is 7.30. The van der Waals surface area contributed by atoms with Gasteiger partial charge in [-0.25, -0.2) is 0 Å². The zero-order valence-electron chi connectivity index (χ0n) is 8.68. The average Bonchev–Trinajstić information content (AvgIpc) is 2.86. The van der Waals surface area contributed by atoms with Crippen molar-refractivity contribution in [1.82, 2.24) is 10.3 Å². The summed E-state index contributed by atoms with van der Waals surface area (Å²) >= 11 is 6.34. The lowest BCUT2D eigenvalue weighted by Crippen LogP contribution is -2.41. The fourth-order valence-electron chi connectivity index (χ4n) is 2.04. The molecule has 1 aliphatic carbocycles. The van der Waals surface area contributed by atoms with Gasteiger partial charge in [-0.15, -0.1) is 11.3 Å². The van der Waals surface area contributed by atoms with E-state index in [-0.39, 0.29) is 17.9 Å². The van der Waals surface area contributed by atoms with Gasteiger partial charge in [0.1, 0.15) is 4.88 Å². The molecule has 0 spiro atoms. The second kappa shape index (κ2) is 4.88. The highest BCUT2D eigenvalue weighted by Crippen LogP contribution is 2.26. The molecule has 4 nitrogen and oxygen atoms in total. The van der Waals surface area contributed by atoms with Gasteiger partial charge in [-0.1, -0.05) is 18.6 Å². The van der Waals surface area contributed by atoms with E-state index in [2.05, 4.69) is 10.3 Å². The smallest absolute Gasteiger partial charge is 0.263 e. The van der Waals surface area contributed by atoms with E-state index in [1.165, 1.54) is 11.3 Å². The molecule has 1 aliphatic rings. The Kier molecular flexibility index (Phi) is 3.50. The van der Waals surface area contributed by atoms with E-state index in [1.54, 1.807) is 11.7 Å². The molecule has 1 saturated carbocycles. The van der Waals surface area contributed by atoms with Crippen LogP contribution in [0.5, 0.6) is 0 Å². The van der Waals surface area contributed by atoms with Crippen molar-refractivity contribution >= 4 is 34.5 Å². The fourth-order valence-corrected chi connectivity index (χ4v) is 2.85. The molecule has 6 heteroatoms. The molecule has 16 heavy (non-hydrogen) atoms. The summed E-state index contributed by atoms with van der Waals surface area (Å²) in [5, 5.41) is 2.98. The van der Waals surface area contributed by atoms with Crippen LogP contribution in [0.25, 0.3) is 0 Å². The highest BCUT2D eigenvalue weighted by atomic mass is 32.1. The van der Waals surface area contributed by atoms with Crippen molar-refractivity contribution in [3.05, 3.63) is 16.6 Å². The Morgan fingerprint density at radius 3 is 3.06 bits per heavy atom. The Hall–Kier alpha value is -1.01. The summed E-state index contributed by atoms with van der Waals surface area (Å²) in [5.74, 6) is 0.0718. The number of amides is 1. The number of thiocarbonyl (C=S) groups is 1. The first-order valence-corrected chi connectivity index (χ1v) is 6.46.